The Morgan fingerprint density at radius 1 is 1.10 bits per heavy atom. The molecule has 1 heterocycles. The van der Waals surface area contributed by atoms with Gasteiger partial charge in [0.1, 0.15) is 11.5 Å². The van der Waals surface area contributed by atoms with Crippen LogP contribution in [0.2, 0.25) is 0 Å². The number of amides is 1. The van der Waals surface area contributed by atoms with Gasteiger partial charge in [0.25, 0.3) is 5.91 Å². The van der Waals surface area contributed by atoms with Crippen LogP contribution in [0.25, 0.3) is 0 Å². The van der Waals surface area contributed by atoms with Gasteiger partial charge in [0.15, 0.2) is 0 Å². The average molecular weight is 283 g/mol. The molecule has 0 atom stereocenters. The van der Waals surface area contributed by atoms with Crippen molar-refractivity contribution in [1.29, 1.82) is 0 Å². The van der Waals surface area contributed by atoms with Crippen molar-refractivity contribution in [3.63, 3.8) is 0 Å². The fraction of sp³-hybridized carbons (Fsp3) is 0.294. The molecular weight excluding hydrogens is 262 g/mol. The van der Waals surface area contributed by atoms with Crippen molar-refractivity contribution in [3.05, 3.63) is 53.7 Å². The molecule has 2 rings (SSSR count). The van der Waals surface area contributed by atoms with E-state index in [1.54, 1.807) is 6.07 Å². The van der Waals surface area contributed by atoms with E-state index in [2.05, 4.69) is 22.5 Å². The summed E-state index contributed by atoms with van der Waals surface area (Å²) in [6.07, 6.45) is 2.17. The van der Waals surface area contributed by atoms with Crippen molar-refractivity contribution in [2.24, 2.45) is 0 Å². The summed E-state index contributed by atoms with van der Waals surface area (Å²) in [4.78, 5) is 16.5. The first-order valence-corrected chi connectivity index (χ1v) is 7.34. The highest BCUT2D eigenvalue weighted by Gasteiger charge is 2.08. The largest absolute Gasteiger partial charge is 0.370 e. The topological polar surface area (TPSA) is 54.0 Å². The molecule has 4 nitrogen and oxygen atoms in total. The lowest BCUT2D eigenvalue weighted by atomic mass is 10.1. The summed E-state index contributed by atoms with van der Waals surface area (Å²) in [6.45, 7) is 4.92. The van der Waals surface area contributed by atoms with Gasteiger partial charge in [-0.15, -0.1) is 0 Å². The van der Waals surface area contributed by atoms with Gasteiger partial charge in [0.05, 0.1) is 0 Å². The number of rotatable bonds is 6. The number of aryl methyl sites for hydroxylation is 1. The maximum absolute atomic E-state index is 12.2. The Kier molecular flexibility index (Phi) is 5.32. The van der Waals surface area contributed by atoms with Crippen LogP contribution in [0.15, 0.2) is 42.5 Å². The fourth-order valence-electron chi connectivity index (χ4n) is 2.08. The van der Waals surface area contributed by atoms with Crippen LogP contribution in [0.5, 0.6) is 0 Å². The molecule has 0 radical (unpaired) electrons. The van der Waals surface area contributed by atoms with E-state index in [-0.39, 0.29) is 5.91 Å². The van der Waals surface area contributed by atoms with Crippen LogP contribution in [0.3, 0.4) is 0 Å². The molecule has 2 N–H and O–H groups in total. The molecule has 4 heteroatoms. The highest BCUT2D eigenvalue weighted by Crippen LogP contribution is 2.13. The first-order valence-electron chi connectivity index (χ1n) is 7.34. The summed E-state index contributed by atoms with van der Waals surface area (Å²) < 4.78 is 0. The minimum atomic E-state index is -0.196. The molecule has 21 heavy (non-hydrogen) atoms. The van der Waals surface area contributed by atoms with E-state index in [1.807, 2.05) is 43.3 Å². The van der Waals surface area contributed by atoms with Crippen LogP contribution < -0.4 is 10.6 Å². The number of nitrogens with zero attached hydrogens (tertiary/aromatic N) is 1. The van der Waals surface area contributed by atoms with Crippen molar-refractivity contribution in [2.75, 3.05) is 17.2 Å². The lowest BCUT2D eigenvalue weighted by Crippen LogP contribution is -2.14. The molecule has 0 spiro atoms. The van der Waals surface area contributed by atoms with E-state index in [0.29, 0.717) is 11.5 Å². The number of carbonyl (C=O) groups is 1. The summed E-state index contributed by atoms with van der Waals surface area (Å²) in [5.41, 5.74) is 2.48. The van der Waals surface area contributed by atoms with Crippen molar-refractivity contribution < 1.29 is 4.79 Å². The average Bonchev–Trinajstić information content (AvgIpc) is 2.50. The maximum atomic E-state index is 12.2. The van der Waals surface area contributed by atoms with Crippen molar-refractivity contribution in [1.82, 2.24) is 4.98 Å². The summed E-state index contributed by atoms with van der Waals surface area (Å²) in [7, 11) is 0. The van der Waals surface area contributed by atoms with Crippen molar-refractivity contribution in [3.8, 4) is 0 Å². The Morgan fingerprint density at radius 2 is 1.86 bits per heavy atom. The van der Waals surface area contributed by atoms with E-state index in [4.69, 9.17) is 0 Å². The highest BCUT2D eigenvalue weighted by molar-refractivity contribution is 6.03. The third-order valence-electron chi connectivity index (χ3n) is 3.09. The van der Waals surface area contributed by atoms with Crippen molar-refractivity contribution >= 4 is 17.4 Å². The van der Waals surface area contributed by atoms with E-state index >= 15 is 0 Å². The molecule has 1 amide bonds. The zero-order valence-electron chi connectivity index (χ0n) is 12.5. The molecule has 0 fully saturated rings. The molecule has 0 bridgehead atoms. The number of hydrogen-bond donors (Lipinski definition) is 2. The molecule has 0 aliphatic carbocycles. The first-order chi connectivity index (χ1) is 10.2. The van der Waals surface area contributed by atoms with E-state index < -0.39 is 0 Å². The number of aromatic nitrogens is 1. The monoisotopic (exact) mass is 283 g/mol. The Morgan fingerprint density at radius 3 is 2.52 bits per heavy atom. The minimum Gasteiger partial charge on any atom is -0.370 e. The second-order valence-electron chi connectivity index (χ2n) is 4.84. The van der Waals surface area contributed by atoms with Gasteiger partial charge >= 0.3 is 0 Å². The smallest absolute Gasteiger partial charge is 0.274 e. The predicted octanol–water partition coefficient (Wildman–Crippen LogP) is 3.72. The number of hydrogen-bond acceptors (Lipinski definition) is 3. The van der Waals surface area contributed by atoms with Crippen LogP contribution >= 0.6 is 0 Å². The van der Waals surface area contributed by atoms with Gasteiger partial charge in [-0.25, -0.2) is 4.98 Å². The van der Waals surface area contributed by atoms with Crippen LogP contribution in [0, 0.1) is 0 Å². The number of benzene rings is 1. The minimum absolute atomic E-state index is 0.196. The lowest BCUT2D eigenvalue weighted by Gasteiger charge is -2.07. The quantitative estimate of drug-likeness (QED) is 0.849. The Bertz CT molecular complexity index is 593. The zero-order chi connectivity index (χ0) is 15.1. The molecule has 0 unspecified atom stereocenters. The number of anilines is 2. The fourth-order valence-corrected chi connectivity index (χ4v) is 2.08. The van der Waals surface area contributed by atoms with E-state index in [9.17, 15) is 4.79 Å². The van der Waals surface area contributed by atoms with Gasteiger partial charge in [-0.3, -0.25) is 4.79 Å². The number of pyridine rings is 1. The van der Waals surface area contributed by atoms with Crippen LogP contribution in [0.1, 0.15) is 36.3 Å². The third-order valence-corrected chi connectivity index (χ3v) is 3.09. The van der Waals surface area contributed by atoms with E-state index in [0.717, 1.165) is 25.1 Å². The van der Waals surface area contributed by atoms with Gasteiger partial charge < -0.3 is 10.6 Å². The summed E-state index contributed by atoms with van der Waals surface area (Å²) in [6, 6.07) is 13.3. The van der Waals surface area contributed by atoms with Gasteiger partial charge in [0, 0.05) is 12.2 Å². The molecule has 1 aromatic carbocycles. The van der Waals surface area contributed by atoms with Crippen LogP contribution in [-0.4, -0.2) is 17.4 Å². The summed E-state index contributed by atoms with van der Waals surface area (Å²) in [5.74, 6) is 0.515. The third kappa shape index (κ3) is 4.31. The summed E-state index contributed by atoms with van der Waals surface area (Å²) in [5, 5.41) is 5.96. The van der Waals surface area contributed by atoms with Gasteiger partial charge in [-0.05, 0) is 43.2 Å². The molecule has 2 aromatic rings. The van der Waals surface area contributed by atoms with Gasteiger partial charge in [-0.1, -0.05) is 31.5 Å². The normalized spacial score (nSPS) is 10.2. The Labute approximate surface area is 125 Å². The molecular formula is C17H21N3O. The maximum Gasteiger partial charge on any atom is 0.274 e. The summed E-state index contributed by atoms with van der Waals surface area (Å²) >= 11 is 0. The molecule has 0 saturated heterocycles. The first kappa shape index (κ1) is 15.0. The second kappa shape index (κ2) is 7.43. The van der Waals surface area contributed by atoms with Crippen LogP contribution in [0.4, 0.5) is 11.5 Å². The zero-order valence-corrected chi connectivity index (χ0v) is 12.5. The predicted molar refractivity (Wildman–Crippen MR) is 86.8 cm³/mol. The molecule has 110 valence electrons. The lowest BCUT2D eigenvalue weighted by molar-refractivity contribution is 0.102. The van der Waals surface area contributed by atoms with E-state index in [1.165, 1.54) is 5.56 Å². The van der Waals surface area contributed by atoms with Crippen molar-refractivity contribution in [2.45, 2.75) is 26.7 Å². The molecule has 0 aliphatic rings. The standard InChI is InChI=1S/C17H21N3O/c1-3-6-13-9-11-14(12-10-13)19-17(21)15-7-5-8-16(20-15)18-4-2/h5,7-12H,3-4,6H2,1-2H3,(H,18,20)(H,19,21). The Hall–Kier alpha value is -2.36. The molecule has 0 saturated carbocycles. The van der Waals surface area contributed by atoms with Gasteiger partial charge in [-0.2, -0.15) is 0 Å². The van der Waals surface area contributed by atoms with Crippen LogP contribution in [-0.2, 0) is 6.42 Å². The molecule has 0 aliphatic heterocycles. The van der Waals surface area contributed by atoms with Gasteiger partial charge in [0.2, 0.25) is 0 Å². The SMILES string of the molecule is CCCc1ccc(NC(=O)c2cccc(NCC)n2)cc1. The highest BCUT2D eigenvalue weighted by atomic mass is 16.1. The Balaban J connectivity index is 2.05. The second-order valence-corrected chi connectivity index (χ2v) is 4.84. The molecule has 1 aromatic heterocycles. The number of nitrogens with one attached hydrogen (secondary N) is 2. The number of carbonyl (C=O) groups excluding carboxylic acids is 1.